The fraction of sp³-hybridized carbons (Fsp3) is 0.500. The number of methoxy groups -OCH3 is 2. The Morgan fingerprint density at radius 1 is 0.767 bits per heavy atom. The number of anilines is 2. The molecule has 60 heavy (non-hydrogen) atoms. The molecule has 12 nitrogen and oxygen atoms in total. The summed E-state index contributed by atoms with van der Waals surface area (Å²) >= 11 is 0. The number of amides is 2. The molecule has 2 amide bonds. The molecule has 318 valence electrons. The molecule has 4 fully saturated rings. The second kappa shape index (κ2) is 17.6. The maximum absolute atomic E-state index is 13.6. The van der Waals surface area contributed by atoms with Crippen LogP contribution in [0.1, 0.15) is 86.1 Å². The number of rotatable bonds is 12. The smallest absolute Gasteiger partial charge is 0.251 e. The van der Waals surface area contributed by atoms with Crippen LogP contribution in [0.3, 0.4) is 0 Å². The minimum Gasteiger partial charge on any atom is -0.495 e. The van der Waals surface area contributed by atoms with Gasteiger partial charge in [0.1, 0.15) is 29.1 Å². The molecule has 1 unspecified atom stereocenters. The molecule has 7 rings (SSSR count). The first-order valence-corrected chi connectivity index (χ1v) is 21.2. The van der Waals surface area contributed by atoms with Crippen molar-refractivity contribution in [2.75, 3.05) is 69.8 Å². The molecule has 0 bridgehead atoms. The molecule has 3 aromatic carbocycles. The molecule has 2 saturated carbocycles. The molecule has 2 aliphatic heterocycles. The van der Waals surface area contributed by atoms with Crippen molar-refractivity contribution in [3.63, 3.8) is 0 Å². The summed E-state index contributed by atoms with van der Waals surface area (Å²) in [6, 6.07) is 18.2. The van der Waals surface area contributed by atoms with Crippen molar-refractivity contribution < 1.29 is 33.4 Å². The first-order valence-electron chi connectivity index (χ1n) is 21.2. The summed E-state index contributed by atoms with van der Waals surface area (Å²) in [5.74, 6) is 4.43. The molecule has 4 aliphatic rings. The van der Waals surface area contributed by atoms with E-state index in [9.17, 15) is 19.2 Å². The van der Waals surface area contributed by atoms with Gasteiger partial charge < -0.3 is 34.6 Å². The molecule has 2 aliphatic carbocycles. The van der Waals surface area contributed by atoms with Crippen LogP contribution in [-0.2, 0) is 9.59 Å². The lowest BCUT2D eigenvalue weighted by molar-refractivity contribution is -0.164. The van der Waals surface area contributed by atoms with Gasteiger partial charge in [0, 0.05) is 92.0 Å². The molecule has 2 heterocycles. The molecule has 2 saturated heterocycles. The predicted molar refractivity (Wildman–Crippen MR) is 232 cm³/mol. The second-order valence-corrected chi connectivity index (χ2v) is 18.0. The van der Waals surface area contributed by atoms with Gasteiger partial charge in [-0.1, -0.05) is 33.6 Å². The fourth-order valence-electron chi connectivity index (χ4n) is 10.1. The summed E-state index contributed by atoms with van der Waals surface area (Å²) in [5.41, 5.74) is 3.19. The Hall–Kier alpha value is -5.54. The van der Waals surface area contributed by atoms with Gasteiger partial charge in [-0.15, -0.1) is 6.42 Å². The van der Waals surface area contributed by atoms with Crippen molar-refractivity contribution in [3.8, 4) is 29.6 Å². The van der Waals surface area contributed by atoms with Gasteiger partial charge in [0.2, 0.25) is 0 Å². The van der Waals surface area contributed by atoms with Gasteiger partial charge in [0.25, 0.3) is 11.8 Å². The zero-order chi connectivity index (χ0) is 42.8. The number of piperazine rings is 1. The summed E-state index contributed by atoms with van der Waals surface area (Å²) in [5, 5.41) is 6.12. The summed E-state index contributed by atoms with van der Waals surface area (Å²) in [6.07, 6.45) is 8.23. The monoisotopic (exact) mass is 817 g/mol. The van der Waals surface area contributed by atoms with E-state index < -0.39 is 6.04 Å². The number of terminal acetylenes is 1. The van der Waals surface area contributed by atoms with Crippen molar-refractivity contribution in [1.82, 2.24) is 15.5 Å². The van der Waals surface area contributed by atoms with Crippen molar-refractivity contribution in [1.29, 1.82) is 0 Å². The van der Waals surface area contributed by atoms with Gasteiger partial charge in [-0.2, -0.15) is 0 Å². The molecule has 0 radical (unpaired) electrons. The van der Waals surface area contributed by atoms with Crippen molar-refractivity contribution in [2.24, 2.45) is 16.7 Å². The van der Waals surface area contributed by atoms with E-state index in [1.807, 2.05) is 36.4 Å². The highest BCUT2D eigenvalue weighted by Crippen LogP contribution is 2.55. The van der Waals surface area contributed by atoms with Crippen LogP contribution < -0.4 is 34.6 Å². The van der Waals surface area contributed by atoms with Crippen LogP contribution >= 0.6 is 0 Å². The Kier molecular flexibility index (Phi) is 12.5. The highest BCUT2D eigenvalue weighted by molar-refractivity contribution is 6.06. The third-order valence-electron chi connectivity index (χ3n) is 13.3. The Morgan fingerprint density at radius 3 is 2.05 bits per heavy atom. The summed E-state index contributed by atoms with van der Waals surface area (Å²) < 4.78 is 17.7. The minimum atomic E-state index is -0.625. The second-order valence-electron chi connectivity index (χ2n) is 18.0. The highest BCUT2D eigenvalue weighted by Gasteiger charge is 2.64. The van der Waals surface area contributed by atoms with E-state index in [1.165, 1.54) is 0 Å². The normalized spacial score (nSPS) is 22.9. The predicted octanol–water partition coefficient (Wildman–Crippen LogP) is 5.76. The molecule has 0 aromatic heterocycles. The molecule has 3 aromatic rings. The number of ether oxygens (including phenoxy) is 3. The number of nitrogens with zero attached hydrogens (tertiary/aromatic N) is 3. The van der Waals surface area contributed by atoms with Crippen LogP contribution in [0.2, 0.25) is 0 Å². The zero-order valence-electron chi connectivity index (χ0n) is 35.8. The maximum Gasteiger partial charge on any atom is 0.251 e. The van der Waals surface area contributed by atoms with Crippen LogP contribution in [0.15, 0.2) is 60.7 Å². The SMILES string of the molecule is C#Cc1ccc(OC2C(C)(C)C(NC(=O)c3ccc(N4CCC(CN5CCN(c6ccc(C(=O)NC7CCC(=O)CC7=O)cc6OC)CC5)CC4)cc3)C2(C)C)cc1OC. The van der Waals surface area contributed by atoms with E-state index in [4.69, 9.17) is 20.6 Å². The van der Waals surface area contributed by atoms with Crippen LogP contribution in [0, 0.1) is 29.1 Å². The van der Waals surface area contributed by atoms with E-state index in [0.717, 1.165) is 70.0 Å². The van der Waals surface area contributed by atoms with Crippen LogP contribution in [0.5, 0.6) is 17.2 Å². The Balaban J connectivity index is 0.853. The summed E-state index contributed by atoms with van der Waals surface area (Å²) in [4.78, 5) is 57.6. The standard InChI is InChI=1S/C48H59N5O7/c1-8-32-11-16-37(29-41(32)58-6)60-46-47(2,3)45(48(46,4)5)50-43(56)33-9-13-35(14-10-33)52-21-19-31(20-22-52)30-51-23-25-53(26-24-51)39-18-12-34(27-42(39)59-7)44(57)49-38-17-15-36(54)28-40(38)55/h1,9-14,16,18,27,29,31,38,45-46H,15,17,19-26,28,30H2,2-7H3,(H,49,57)(H,50,56). The van der Waals surface area contributed by atoms with Crippen LogP contribution in [0.4, 0.5) is 11.4 Å². The lowest BCUT2D eigenvalue weighted by Gasteiger charge is -2.63. The quantitative estimate of drug-likeness (QED) is 0.172. The lowest BCUT2D eigenvalue weighted by atomic mass is 9.49. The Bertz CT molecular complexity index is 2110. The van der Waals surface area contributed by atoms with E-state index >= 15 is 0 Å². The lowest BCUT2D eigenvalue weighted by Crippen LogP contribution is -2.74. The number of Topliss-reactive ketones (excluding diaryl/α,β-unsaturated/α-hetero) is 2. The zero-order valence-corrected chi connectivity index (χ0v) is 35.8. The molecule has 1 atom stereocenters. The first-order chi connectivity index (χ1) is 28.7. The molecule has 0 spiro atoms. The van der Waals surface area contributed by atoms with Crippen LogP contribution in [0.25, 0.3) is 0 Å². The van der Waals surface area contributed by atoms with E-state index in [-0.39, 0.29) is 52.8 Å². The fourth-order valence-corrected chi connectivity index (χ4v) is 10.1. The van der Waals surface area contributed by atoms with Crippen molar-refractivity contribution in [3.05, 3.63) is 77.4 Å². The highest BCUT2D eigenvalue weighted by atomic mass is 16.5. The largest absolute Gasteiger partial charge is 0.495 e. The average Bonchev–Trinajstić information content (AvgIpc) is 3.25. The molecule has 12 heteroatoms. The Labute approximate surface area is 354 Å². The van der Waals surface area contributed by atoms with E-state index in [2.05, 4.69) is 71.1 Å². The number of carbonyl (C=O) groups excluding carboxylic acids is 4. The topological polar surface area (TPSA) is 130 Å². The van der Waals surface area contributed by atoms with E-state index in [1.54, 1.807) is 26.4 Å². The van der Waals surface area contributed by atoms with Crippen molar-refractivity contribution in [2.45, 2.75) is 78.0 Å². The Morgan fingerprint density at radius 2 is 1.42 bits per heavy atom. The van der Waals surface area contributed by atoms with Crippen LogP contribution in [-0.4, -0.2) is 107 Å². The molecule has 2 N–H and O–H groups in total. The third kappa shape index (κ3) is 8.83. The average molecular weight is 818 g/mol. The molecular formula is C48H59N5O7. The number of hydrogen-bond donors (Lipinski definition) is 2. The van der Waals surface area contributed by atoms with E-state index in [0.29, 0.717) is 52.7 Å². The van der Waals surface area contributed by atoms with Gasteiger partial charge >= 0.3 is 0 Å². The van der Waals surface area contributed by atoms with Gasteiger partial charge in [-0.05, 0) is 79.8 Å². The number of hydrogen-bond acceptors (Lipinski definition) is 10. The number of benzene rings is 3. The number of nitrogens with one attached hydrogen (secondary N) is 2. The summed E-state index contributed by atoms with van der Waals surface area (Å²) in [7, 11) is 3.20. The minimum absolute atomic E-state index is 0.0722. The summed E-state index contributed by atoms with van der Waals surface area (Å²) in [6.45, 7) is 15.1. The van der Waals surface area contributed by atoms with Crippen molar-refractivity contribution >= 4 is 34.8 Å². The number of piperidine rings is 1. The van der Waals surface area contributed by atoms with Gasteiger partial charge in [0.15, 0.2) is 5.78 Å². The number of carbonyl (C=O) groups is 4. The third-order valence-corrected chi connectivity index (χ3v) is 13.3. The first kappa shape index (κ1) is 42.6. The maximum atomic E-state index is 13.6. The number of ketones is 2. The molecular weight excluding hydrogens is 759 g/mol. The van der Waals surface area contributed by atoms with Gasteiger partial charge in [0.05, 0.1) is 37.9 Å². The van der Waals surface area contributed by atoms with Gasteiger partial charge in [-0.25, -0.2) is 0 Å². The van der Waals surface area contributed by atoms with Gasteiger partial charge in [-0.3, -0.25) is 24.1 Å².